The number of carbonyl (C=O) groups is 2. The van der Waals surface area contributed by atoms with Gasteiger partial charge in [-0.1, -0.05) is 12.1 Å². The summed E-state index contributed by atoms with van der Waals surface area (Å²) in [4.78, 5) is 24.5. The maximum atomic E-state index is 12.0. The minimum atomic E-state index is -3.37. The van der Waals surface area contributed by atoms with Gasteiger partial charge in [0.15, 0.2) is 0 Å². The summed E-state index contributed by atoms with van der Waals surface area (Å²) in [7, 11) is -3.37. The van der Waals surface area contributed by atoms with Crippen LogP contribution in [0.25, 0.3) is 0 Å². The first-order valence-electron chi connectivity index (χ1n) is 7.55. The molecule has 1 aromatic carbocycles. The molecule has 0 aliphatic heterocycles. The standard InChI is InChI=1S/C16H18BrN3O4S2/c1-10(11-4-3-5-12(8-11)20-26(2,23)24)19-15(21)9-18-16(22)13-6-7-14(17)25-13/h3-8,10,20H,9H2,1-2H3,(H,18,22)(H,19,21). The molecule has 2 amide bonds. The van der Waals surface area contributed by atoms with Crippen molar-refractivity contribution in [2.75, 3.05) is 17.5 Å². The number of halogens is 1. The lowest BCUT2D eigenvalue weighted by Crippen LogP contribution is -2.37. The van der Waals surface area contributed by atoms with Crippen LogP contribution in [0.1, 0.15) is 28.2 Å². The molecule has 1 unspecified atom stereocenters. The van der Waals surface area contributed by atoms with Gasteiger partial charge in [-0.25, -0.2) is 8.42 Å². The Morgan fingerprint density at radius 1 is 1.23 bits per heavy atom. The van der Waals surface area contributed by atoms with Gasteiger partial charge in [0, 0.05) is 5.69 Å². The van der Waals surface area contributed by atoms with Crippen LogP contribution in [-0.2, 0) is 14.8 Å². The van der Waals surface area contributed by atoms with Crippen LogP contribution < -0.4 is 15.4 Å². The van der Waals surface area contributed by atoms with E-state index in [4.69, 9.17) is 0 Å². The number of anilines is 1. The SMILES string of the molecule is CC(NC(=O)CNC(=O)c1ccc(Br)s1)c1cccc(NS(C)(=O)=O)c1. The lowest BCUT2D eigenvalue weighted by molar-refractivity contribution is -0.120. The Balaban J connectivity index is 1.90. The first-order chi connectivity index (χ1) is 12.1. The molecule has 7 nitrogen and oxygen atoms in total. The molecule has 2 rings (SSSR count). The second kappa shape index (κ2) is 8.65. The van der Waals surface area contributed by atoms with E-state index >= 15 is 0 Å². The lowest BCUT2D eigenvalue weighted by Gasteiger charge is -2.16. The van der Waals surface area contributed by atoms with Crippen molar-refractivity contribution in [2.45, 2.75) is 13.0 Å². The second-order valence-corrected chi connectivity index (χ2v) is 9.79. The molecule has 0 saturated heterocycles. The van der Waals surface area contributed by atoms with Gasteiger partial charge >= 0.3 is 0 Å². The maximum Gasteiger partial charge on any atom is 0.261 e. The minimum absolute atomic E-state index is 0.153. The first-order valence-corrected chi connectivity index (χ1v) is 11.0. The Morgan fingerprint density at radius 2 is 1.96 bits per heavy atom. The van der Waals surface area contributed by atoms with Gasteiger partial charge in [0.05, 0.1) is 27.5 Å². The predicted octanol–water partition coefficient (Wildman–Crippen LogP) is 2.49. The molecule has 0 aliphatic carbocycles. The molecule has 10 heteroatoms. The fourth-order valence-corrected chi connectivity index (χ4v) is 4.00. The van der Waals surface area contributed by atoms with Crippen LogP contribution >= 0.6 is 27.3 Å². The van der Waals surface area contributed by atoms with Gasteiger partial charge in [-0.15, -0.1) is 11.3 Å². The highest BCUT2D eigenvalue weighted by Gasteiger charge is 2.13. The number of amides is 2. The monoisotopic (exact) mass is 459 g/mol. The predicted molar refractivity (Wildman–Crippen MR) is 106 cm³/mol. The van der Waals surface area contributed by atoms with E-state index < -0.39 is 10.0 Å². The van der Waals surface area contributed by atoms with Gasteiger partial charge in [-0.05, 0) is 52.7 Å². The van der Waals surface area contributed by atoms with Gasteiger partial charge in [-0.2, -0.15) is 0 Å². The molecule has 0 spiro atoms. The summed E-state index contributed by atoms with van der Waals surface area (Å²) in [6.45, 7) is 1.62. The van der Waals surface area contributed by atoms with E-state index in [1.165, 1.54) is 11.3 Å². The third-order valence-corrected chi connectivity index (χ3v) is 5.50. The average Bonchev–Trinajstić information content (AvgIpc) is 2.98. The van der Waals surface area contributed by atoms with Crippen molar-refractivity contribution >= 4 is 54.8 Å². The number of hydrogen-bond acceptors (Lipinski definition) is 5. The van der Waals surface area contributed by atoms with Crippen LogP contribution in [0, 0.1) is 0 Å². The number of thiophene rings is 1. The van der Waals surface area contributed by atoms with E-state index in [1.54, 1.807) is 43.3 Å². The summed E-state index contributed by atoms with van der Waals surface area (Å²) in [5.41, 5.74) is 1.16. The van der Waals surface area contributed by atoms with Crippen LogP contribution in [-0.4, -0.2) is 33.0 Å². The van der Waals surface area contributed by atoms with Crippen LogP contribution in [0.2, 0.25) is 0 Å². The summed E-state index contributed by atoms with van der Waals surface area (Å²) in [5, 5.41) is 5.32. The summed E-state index contributed by atoms with van der Waals surface area (Å²) < 4.78 is 25.8. The molecule has 1 heterocycles. The van der Waals surface area contributed by atoms with E-state index in [0.29, 0.717) is 10.6 Å². The number of nitrogens with one attached hydrogen (secondary N) is 3. The third kappa shape index (κ3) is 6.43. The van der Waals surface area contributed by atoms with Crippen molar-refractivity contribution in [3.8, 4) is 0 Å². The first kappa shape index (κ1) is 20.4. The van der Waals surface area contributed by atoms with Gasteiger partial charge in [0.1, 0.15) is 0 Å². The quantitative estimate of drug-likeness (QED) is 0.591. The number of carbonyl (C=O) groups excluding carboxylic acids is 2. The molecule has 1 aromatic heterocycles. The zero-order chi connectivity index (χ0) is 19.3. The Morgan fingerprint density at radius 3 is 2.58 bits per heavy atom. The van der Waals surface area contributed by atoms with E-state index in [0.717, 1.165) is 15.6 Å². The van der Waals surface area contributed by atoms with Gasteiger partial charge in [-0.3, -0.25) is 14.3 Å². The lowest BCUT2D eigenvalue weighted by atomic mass is 10.1. The molecule has 3 N–H and O–H groups in total. The van der Waals surface area contributed by atoms with Gasteiger partial charge in [0.25, 0.3) is 5.91 Å². The topological polar surface area (TPSA) is 104 Å². The fourth-order valence-electron chi connectivity index (χ4n) is 2.15. The Hall–Kier alpha value is -1.91. The molecule has 1 atom stereocenters. The summed E-state index contributed by atoms with van der Waals surface area (Å²) in [6, 6.07) is 9.83. The van der Waals surface area contributed by atoms with E-state index in [2.05, 4.69) is 31.3 Å². The molecule has 2 aromatic rings. The summed E-state index contributed by atoms with van der Waals surface area (Å²) in [6.07, 6.45) is 1.07. The Bertz CT molecular complexity index is 912. The molecular formula is C16H18BrN3O4S2. The molecular weight excluding hydrogens is 442 g/mol. The van der Waals surface area contributed by atoms with Crippen molar-refractivity contribution in [1.82, 2.24) is 10.6 Å². The molecule has 0 bridgehead atoms. The Labute approximate surface area is 164 Å². The smallest absolute Gasteiger partial charge is 0.261 e. The van der Waals surface area contributed by atoms with Crippen molar-refractivity contribution in [2.24, 2.45) is 0 Å². The molecule has 26 heavy (non-hydrogen) atoms. The molecule has 0 fully saturated rings. The number of rotatable bonds is 7. The highest BCUT2D eigenvalue weighted by atomic mass is 79.9. The molecule has 0 radical (unpaired) electrons. The largest absolute Gasteiger partial charge is 0.348 e. The van der Waals surface area contributed by atoms with Crippen molar-refractivity contribution in [3.63, 3.8) is 0 Å². The average molecular weight is 460 g/mol. The van der Waals surface area contributed by atoms with Crippen molar-refractivity contribution in [1.29, 1.82) is 0 Å². The zero-order valence-electron chi connectivity index (χ0n) is 14.1. The van der Waals surface area contributed by atoms with Crippen LogP contribution in [0.3, 0.4) is 0 Å². The maximum absolute atomic E-state index is 12.0. The normalized spacial score (nSPS) is 12.3. The molecule has 0 aliphatic rings. The minimum Gasteiger partial charge on any atom is -0.348 e. The number of sulfonamides is 1. The number of benzene rings is 1. The Kier molecular flexibility index (Phi) is 6.79. The second-order valence-electron chi connectivity index (χ2n) is 5.58. The van der Waals surface area contributed by atoms with Crippen LogP contribution in [0.5, 0.6) is 0 Å². The van der Waals surface area contributed by atoms with Crippen LogP contribution in [0.15, 0.2) is 40.2 Å². The van der Waals surface area contributed by atoms with E-state index in [-0.39, 0.29) is 24.4 Å². The summed E-state index contributed by atoms with van der Waals surface area (Å²) in [5.74, 6) is -0.661. The number of hydrogen-bond donors (Lipinski definition) is 3. The third-order valence-electron chi connectivity index (χ3n) is 3.27. The molecule has 0 saturated carbocycles. The van der Waals surface area contributed by atoms with Crippen molar-refractivity contribution in [3.05, 3.63) is 50.6 Å². The van der Waals surface area contributed by atoms with Crippen LogP contribution in [0.4, 0.5) is 5.69 Å². The highest BCUT2D eigenvalue weighted by molar-refractivity contribution is 9.11. The molecule has 140 valence electrons. The fraction of sp³-hybridized carbons (Fsp3) is 0.250. The van der Waals surface area contributed by atoms with Gasteiger partial charge in [0.2, 0.25) is 15.9 Å². The van der Waals surface area contributed by atoms with Crippen molar-refractivity contribution < 1.29 is 18.0 Å². The zero-order valence-corrected chi connectivity index (χ0v) is 17.3. The van der Waals surface area contributed by atoms with E-state index in [1.807, 2.05) is 0 Å². The van der Waals surface area contributed by atoms with Gasteiger partial charge < -0.3 is 10.6 Å². The van der Waals surface area contributed by atoms with E-state index in [9.17, 15) is 18.0 Å². The summed E-state index contributed by atoms with van der Waals surface area (Å²) >= 11 is 4.56. The highest BCUT2D eigenvalue weighted by Crippen LogP contribution is 2.21.